The van der Waals surface area contributed by atoms with Gasteiger partial charge in [0.2, 0.25) is 5.91 Å². The maximum atomic E-state index is 13.2. The van der Waals surface area contributed by atoms with Crippen molar-refractivity contribution in [2.45, 2.75) is 6.92 Å². The number of nitrogens with one attached hydrogen (secondary N) is 2. The Balaban J connectivity index is 1.60. The number of aromatic nitrogens is 1. The van der Waals surface area contributed by atoms with Crippen molar-refractivity contribution in [3.63, 3.8) is 0 Å². The number of amides is 2. The van der Waals surface area contributed by atoms with Gasteiger partial charge in [0, 0.05) is 16.0 Å². The fourth-order valence-electron chi connectivity index (χ4n) is 2.52. The molecule has 0 bridgehead atoms. The minimum absolute atomic E-state index is 0.152. The van der Waals surface area contributed by atoms with E-state index in [1.807, 2.05) is 31.2 Å². The second kappa shape index (κ2) is 8.62. The number of carbonyl (C=O) groups excluding carboxylic acids is 2. The standard InChI is InChI=1S/C20H18FN3O3S/c1-12-18(13-6-8-16(27-2)9-7-13)24-20(28-12)23-17(25)11-22-19(26)14-4-3-5-15(21)10-14/h3-10H,11H2,1-2H3,(H,22,26)(H,23,24,25). The van der Waals surface area contributed by atoms with Crippen molar-refractivity contribution in [3.05, 3.63) is 64.8 Å². The number of aryl methyl sites for hydroxylation is 1. The van der Waals surface area contributed by atoms with Crippen molar-refractivity contribution in [1.82, 2.24) is 10.3 Å². The van der Waals surface area contributed by atoms with E-state index in [0.29, 0.717) is 5.13 Å². The van der Waals surface area contributed by atoms with Crippen LogP contribution in [0, 0.1) is 12.7 Å². The van der Waals surface area contributed by atoms with Crippen LogP contribution in [0.2, 0.25) is 0 Å². The minimum atomic E-state index is -0.524. The third-order valence-corrected chi connectivity index (χ3v) is 4.79. The van der Waals surface area contributed by atoms with Crippen LogP contribution in [-0.4, -0.2) is 30.5 Å². The smallest absolute Gasteiger partial charge is 0.251 e. The van der Waals surface area contributed by atoms with Crippen LogP contribution >= 0.6 is 11.3 Å². The Kier molecular flexibility index (Phi) is 6.00. The first kappa shape index (κ1) is 19.5. The number of halogens is 1. The predicted octanol–water partition coefficient (Wildman–Crippen LogP) is 3.63. The van der Waals surface area contributed by atoms with Gasteiger partial charge in [-0.15, -0.1) is 11.3 Å². The molecule has 0 spiro atoms. The molecule has 8 heteroatoms. The number of thiazole rings is 1. The third kappa shape index (κ3) is 4.72. The number of benzene rings is 2. The van der Waals surface area contributed by atoms with Gasteiger partial charge in [0.05, 0.1) is 19.3 Å². The summed E-state index contributed by atoms with van der Waals surface area (Å²) in [6, 6.07) is 12.7. The number of hydrogen-bond donors (Lipinski definition) is 2. The number of carbonyl (C=O) groups is 2. The Bertz CT molecular complexity index is 1000. The zero-order chi connectivity index (χ0) is 20.1. The molecule has 0 aliphatic carbocycles. The predicted molar refractivity (Wildman–Crippen MR) is 106 cm³/mol. The van der Waals surface area contributed by atoms with E-state index in [2.05, 4.69) is 15.6 Å². The molecule has 0 radical (unpaired) electrons. The summed E-state index contributed by atoms with van der Waals surface area (Å²) >= 11 is 1.34. The van der Waals surface area contributed by atoms with Crippen LogP contribution in [0.25, 0.3) is 11.3 Å². The number of rotatable bonds is 6. The maximum Gasteiger partial charge on any atom is 0.251 e. The number of anilines is 1. The minimum Gasteiger partial charge on any atom is -0.497 e. The van der Waals surface area contributed by atoms with Crippen LogP contribution in [0.15, 0.2) is 48.5 Å². The van der Waals surface area contributed by atoms with Gasteiger partial charge in [0.1, 0.15) is 11.6 Å². The molecule has 0 aliphatic rings. The highest BCUT2D eigenvalue weighted by atomic mass is 32.1. The van der Waals surface area contributed by atoms with Gasteiger partial charge in [0.15, 0.2) is 5.13 Å². The Morgan fingerprint density at radius 1 is 1.18 bits per heavy atom. The molecule has 2 N–H and O–H groups in total. The molecule has 3 rings (SSSR count). The molecular formula is C20H18FN3O3S. The Labute approximate surface area is 165 Å². The van der Waals surface area contributed by atoms with Gasteiger partial charge in [-0.3, -0.25) is 9.59 Å². The lowest BCUT2D eigenvalue weighted by Crippen LogP contribution is -2.32. The molecular weight excluding hydrogens is 381 g/mol. The first-order chi connectivity index (χ1) is 13.5. The Morgan fingerprint density at radius 2 is 1.93 bits per heavy atom. The Morgan fingerprint density at radius 3 is 2.61 bits per heavy atom. The van der Waals surface area contributed by atoms with Crippen molar-refractivity contribution in [1.29, 1.82) is 0 Å². The van der Waals surface area contributed by atoms with Crippen LogP contribution in [0.4, 0.5) is 9.52 Å². The largest absolute Gasteiger partial charge is 0.497 e. The molecule has 0 saturated heterocycles. The second-order valence-corrected chi connectivity index (χ2v) is 7.10. The summed E-state index contributed by atoms with van der Waals surface area (Å²) in [6.07, 6.45) is 0. The van der Waals surface area contributed by atoms with Gasteiger partial charge >= 0.3 is 0 Å². The lowest BCUT2D eigenvalue weighted by molar-refractivity contribution is -0.115. The van der Waals surface area contributed by atoms with Gasteiger partial charge in [-0.25, -0.2) is 9.37 Å². The zero-order valence-corrected chi connectivity index (χ0v) is 16.1. The van der Waals surface area contributed by atoms with E-state index in [-0.39, 0.29) is 12.1 Å². The second-order valence-electron chi connectivity index (χ2n) is 5.89. The molecule has 2 aromatic carbocycles. The molecule has 0 saturated carbocycles. The van der Waals surface area contributed by atoms with Crippen molar-refractivity contribution < 1.29 is 18.7 Å². The van der Waals surface area contributed by atoms with Crippen molar-refractivity contribution >= 4 is 28.3 Å². The topological polar surface area (TPSA) is 80.3 Å². The van der Waals surface area contributed by atoms with Crippen molar-refractivity contribution in [2.75, 3.05) is 19.0 Å². The fraction of sp³-hybridized carbons (Fsp3) is 0.150. The average molecular weight is 399 g/mol. The van der Waals surface area contributed by atoms with E-state index < -0.39 is 17.6 Å². The van der Waals surface area contributed by atoms with Crippen LogP contribution < -0.4 is 15.4 Å². The summed E-state index contributed by atoms with van der Waals surface area (Å²) in [5.74, 6) is -0.704. The zero-order valence-electron chi connectivity index (χ0n) is 15.3. The van der Waals surface area contributed by atoms with E-state index in [1.165, 1.54) is 29.5 Å². The third-order valence-electron chi connectivity index (χ3n) is 3.90. The quantitative estimate of drug-likeness (QED) is 0.663. The highest BCUT2D eigenvalue weighted by Crippen LogP contribution is 2.31. The molecule has 0 unspecified atom stereocenters. The van der Waals surface area contributed by atoms with Crippen LogP contribution in [0.3, 0.4) is 0 Å². The Hall–Kier alpha value is -3.26. The number of methoxy groups -OCH3 is 1. The molecule has 28 heavy (non-hydrogen) atoms. The van der Waals surface area contributed by atoms with Crippen molar-refractivity contribution in [3.8, 4) is 17.0 Å². The number of hydrogen-bond acceptors (Lipinski definition) is 5. The monoisotopic (exact) mass is 399 g/mol. The first-order valence-electron chi connectivity index (χ1n) is 8.41. The maximum absolute atomic E-state index is 13.2. The first-order valence-corrected chi connectivity index (χ1v) is 9.23. The van der Waals surface area contributed by atoms with Crippen LogP contribution in [-0.2, 0) is 4.79 Å². The van der Waals surface area contributed by atoms with Crippen molar-refractivity contribution in [2.24, 2.45) is 0 Å². The van der Waals surface area contributed by atoms with E-state index in [1.54, 1.807) is 7.11 Å². The molecule has 0 fully saturated rings. The fourth-order valence-corrected chi connectivity index (χ4v) is 3.37. The summed E-state index contributed by atoms with van der Waals surface area (Å²) < 4.78 is 18.3. The SMILES string of the molecule is COc1ccc(-c2nc(NC(=O)CNC(=O)c3cccc(F)c3)sc2C)cc1. The molecule has 0 atom stereocenters. The number of nitrogens with zero attached hydrogens (tertiary/aromatic N) is 1. The molecule has 1 aromatic heterocycles. The normalized spacial score (nSPS) is 10.4. The molecule has 0 aliphatic heterocycles. The summed E-state index contributed by atoms with van der Waals surface area (Å²) in [7, 11) is 1.60. The molecule has 3 aromatic rings. The highest BCUT2D eigenvalue weighted by molar-refractivity contribution is 7.16. The molecule has 6 nitrogen and oxygen atoms in total. The van der Waals surface area contributed by atoms with E-state index in [0.717, 1.165) is 28.0 Å². The lowest BCUT2D eigenvalue weighted by Gasteiger charge is -2.05. The van der Waals surface area contributed by atoms with E-state index >= 15 is 0 Å². The van der Waals surface area contributed by atoms with Crippen LogP contribution in [0.5, 0.6) is 5.75 Å². The molecule has 144 valence electrons. The highest BCUT2D eigenvalue weighted by Gasteiger charge is 2.13. The van der Waals surface area contributed by atoms with Gasteiger partial charge in [0.25, 0.3) is 5.91 Å². The van der Waals surface area contributed by atoms with Crippen LogP contribution in [0.1, 0.15) is 15.2 Å². The summed E-state index contributed by atoms with van der Waals surface area (Å²) in [6.45, 7) is 1.67. The number of ether oxygens (including phenoxy) is 1. The van der Waals surface area contributed by atoms with Gasteiger partial charge in [-0.05, 0) is 49.4 Å². The van der Waals surface area contributed by atoms with E-state index in [9.17, 15) is 14.0 Å². The molecule has 1 heterocycles. The lowest BCUT2D eigenvalue weighted by atomic mass is 10.1. The summed E-state index contributed by atoms with van der Waals surface area (Å²) in [5.41, 5.74) is 1.83. The summed E-state index contributed by atoms with van der Waals surface area (Å²) in [4.78, 5) is 29.5. The van der Waals surface area contributed by atoms with E-state index in [4.69, 9.17) is 4.74 Å². The average Bonchev–Trinajstić information content (AvgIpc) is 3.06. The molecule has 2 amide bonds. The summed E-state index contributed by atoms with van der Waals surface area (Å²) in [5, 5.41) is 5.56. The van der Waals surface area contributed by atoms with Gasteiger partial charge < -0.3 is 15.4 Å². The van der Waals surface area contributed by atoms with Gasteiger partial charge in [-0.2, -0.15) is 0 Å². The van der Waals surface area contributed by atoms with Gasteiger partial charge in [-0.1, -0.05) is 6.07 Å².